The molecule has 0 bridgehead atoms. The average molecular weight is 288 g/mol. The van der Waals surface area contributed by atoms with E-state index in [9.17, 15) is 19.5 Å². The number of aromatic hydroxyl groups is 1. The minimum atomic E-state index is -0.753. The topological polar surface area (TPSA) is 116 Å². The molecule has 2 heterocycles. The molecule has 8 nitrogen and oxygen atoms in total. The lowest BCUT2D eigenvalue weighted by Gasteiger charge is -2.27. The number of phenols is 1. The third-order valence-corrected chi connectivity index (χ3v) is 3.36. The van der Waals surface area contributed by atoms with Gasteiger partial charge in [-0.1, -0.05) is 12.1 Å². The lowest BCUT2D eigenvalue weighted by atomic mass is 9.98. The minimum Gasteiger partial charge on any atom is -0.508 e. The summed E-state index contributed by atoms with van der Waals surface area (Å²) in [4.78, 5) is 37.7. The number of amides is 2. The zero-order valence-corrected chi connectivity index (χ0v) is 11.0. The van der Waals surface area contributed by atoms with Gasteiger partial charge in [-0.25, -0.2) is 9.59 Å². The van der Waals surface area contributed by atoms with Crippen molar-refractivity contribution >= 4 is 11.8 Å². The second-order valence-electron chi connectivity index (χ2n) is 4.71. The molecule has 0 radical (unpaired) electrons. The van der Waals surface area contributed by atoms with Gasteiger partial charge in [0.05, 0.1) is 11.6 Å². The first-order valence-electron chi connectivity index (χ1n) is 6.17. The largest absolute Gasteiger partial charge is 0.508 e. The van der Waals surface area contributed by atoms with Crippen LogP contribution < -0.4 is 21.9 Å². The van der Waals surface area contributed by atoms with E-state index in [-0.39, 0.29) is 17.1 Å². The van der Waals surface area contributed by atoms with Gasteiger partial charge in [-0.3, -0.25) is 19.7 Å². The van der Waals surface area contributed by atoms with Gasteiger partial charge in [-0.15, -0.1) is 0 Å². The number of carbonyl (C=O) groups excluding carboxylic acids is 1. The van der Waals surface area contributed by atoms with Crippen LogP contribution in [0, 0.1) is 0 Å². The first-order valence-corrected chi connectivity index (χ1v) is 6.17. The zero-order chi connectivity index (χ0) is 15.1. The van der Waals surface area contributed by atoms with Gasteiger partial charge in [0.2, 0.25) is 0 Å². The molecule has 1 aromatic carbocycles. The van der Waals surface area contributed by atoms with Crippen molar-refractivity contribution in [1.29, 1.82) is 0 Å². The smallest absolute Gasteiger partial charge is 0.329 e. The molecule has 1 aromatic heterocycles. The Bertz CT molecular complexity index is 852. The molecular formula is C13H12N4O4. The number of H-pyrrole nitrogens is 1. The minimum absolute atomic E-state index is 0.0167. The van der Waals surface area contributed by atoms with E-state index in [0.29, 0.717) is 5.56 Å². The molecule has 2 aromatic rings. The van der Waals surface area contributed by atoms with Gasteiger partial charge in [-0.2, -0.15) is 0 Å². The maximum atomic E-state index is 12.1. The highest BCUT2D eigenvalue weighted by atomic mass is 16.3. The fourth-order valence-electron chi connectivity index (χ4n) is 2.36. The number of aromatic amines is 1. The first-order chi connectivity index (χ1) is 9.97. The summed E-state index contributed by atoms with van der Waals surface area (Å²) in [7, 11) is 1.45. The highest BCUT2D eigenvalue weighted by Crippen LogP contribution is 2.29. The van der Waals surface area contributed by atoms with Crippen LogP contribution >= 0.6 is 0 Å². The summed E-state index contributed by atoms with van der Waals surface area (Å²) >= 11 is 0. The Kier molecular flexibility index (Phi) is 2.79. The van der Waals surface area contributed by atoms with Gasteiger partial charge in [0.25, 0.3) is 5.56 Å². The molecule has 1 atom stereocenters. The predicted octanol–water partition coefficient (Wildman–Crippen LogP) is 0.00370. The van der Waals surface area contributed by atoms with Crippen LogP contribution in [0.25, 0.3) is 0 Å². The Morgan fingerprint density at radius 1 is 1.24 bits per heavy atom. The summed E-state index contributed by atoms with van der Waals surface area (Å²) in [5.74, 6) is 0.156. The fraction of sp³-hybridized carbons (Fsp3) is 0.154. The molecule has 0 unspecified atom stereocenters. The van der Waals surface area contributed by atoms with Crippen LogP contribution in [0.15, 0.2) is 33.9 Å². The number of anilines is 1. The number of fused-ring (bicyclic) bond motifs is 1. The third kappa shape index (κ3) is 2.06. The average Bonchev–Trinajstić information content (AvgIpc) is 2.44. The number of benzene rings is 1. The Morgan fingerprint density at radius 3 is 2.71 bits per heavy atom. The summed E-state index contributed by atoms with van der Waals surface area (Å²) in [6, 6.07) is 4.93. The van der Waals surface area contributed by atoms with Crippen LogP contribution in [0.1, 0.15) is 17.2 Å². The van der Waals surface area contributed by atoms with E-state index < -0.39 is 23.3 Å². The maximum Gasteiger partial charge on any atom is 0.329 e. The molecule has 21 heavy (non-hydrogen) atoms. The summed E-state index contributed by atoms with van der Waals surface area (Å²) < 4.78 is 1.16. The molecule has 1 aliphatic heterocycles. The fourth-order valence-corrected chi connectivity index (χ4v) is 2.36. The van der Waals surface area contributed by atoms with Gasteiger partial charge in [-0.05, 0) is 17.7 Å². The van der Waals surface area contributed by atoms with Crippen LogP contribution in [0.5, 0.6) is 5.75 Å². The van der Waals surface area contributed by atoms with Gasteiger partial charge >= 0.3 is 11.7 Å². The molecule has 4 N–H and O–H groups in total. The number of urea groups is 1. The van der Waals surface area contributed by atoms with Crippen molar-refractivity contribution in [3.8, 4) is 5.75 Å². The Hall–Kier alpha value is -3.03. The van der Waals surface area contributed by atoms with Gasteiger partial charge in [0, 0.05) is 7.05 Å². The van der Waals surface area contributed by atoms with E-state index in [1.807, 2.05) is 0 Å². The van der Waals surface area contributed by atoms with Crippen LogP contribution in [-0.4, -0.2) is 20.7 Å². The molecule has 0 saturated carbocycles. The zero-order valence-electron chi connectivity index (χ0n) is 11.0. The summed E-state index contributed by atoms with van der Waals surface area (Å²) in [5, 5.41) is 14.6. The second-order valence-corrected chi connectivity index (χ2v) is 4.71. The maximum absolute atomic E-state index is 12.1. The van der Waals surface area contributed by atoms with E-state index in [1.165, 1.54) is 19.2 Å². The number of hydrogen-bond acceptors (Lipinski definition) is 4. The van der Waals surface area contributed by atoms with Crippen molar-refractivity contribution in [2.24, 2.45) is 7.05 Å². The Labute approximate surface area is 118 Å². The normalized spacial score (nSPS) is 16.8. The van der Waals surface area contributed by atoms with Crippen molar-refractivity contribution in [3.05, 3.63) is 56.2 Å². The molecule has 0 aliphatic carbocycles. The molecular weight excluding hydrogens is 276 g/mol. The number of hydrogen-bond donors (Lipinski definition) is 4. The quantitative estimate of drug-likeness (QED) is 0.591. The number of rotatable bonds is 1. The Balaban J connectivity index is 2.28. The SMILES string of the molecule is Cn1c2c(c(=O)[nH]c1=O)[C@H](c1cccc(O)c1)NC(=O)N2. The van der Waals surface area contributed by atoms with E-state index in [4.69, 9.17) is 0 Å². The molecule has 3 rings (SSSR count). The molecule has 8 heteroatoms. The summed E-state index contributed by atoms with van der Waals surface area (Å²) in [6.45, 7) is 0. The predicted molar refractivity (Wildman–Crippen MR) is 74.4 cm³/mol. The highest BCUT2D eigenvalue weighted by molar-refractivity contribution is 5.92. The van der Waals surface area contributed by atoms with E-state index in [2.05, 4.69) is 15.6 Å². The lowest BCUT2D eigenvalue weighted by molar-refractivity contribution is 0.248. The van der Waals surface area contributed by atoms with Gasteiger partial charge in [0.1, 0.15) is 11.6 Å². The van der Waals surface area contributed by atoms with Gasteiger partial charge in [0.15, 0.2) is 0 Å². The van der Waals surface area contributed by atoms with Crippen LogP contribution in [0.3, 0.4) is 0 Å². The monoisotopic (exact) mass is 288 g/mol. The molecule has 1 aliphatic rings. The number of carbonyl (C=O) groups is 1. The number of nitrogens with one attached hydrogen (secondary N) is 3. The second kappa shape index (κ2) is 4.51. The number of aromatic nitrogens is 2. The summed E-state index contributed by atoms with van der Waals surface area (Å²) in [6.07, 6.45) is 0. The van der Waals surface area contributed by atoms with E-state index >= 15 is 0 Å². The lowest BCUT2D eigenvalue weighted by Crippen LogP contribution is -2.46. The van der Waals surface area contributed by atoms with Crippen molar-refractivity contribution in [3.63, 3.8) is 0 Å². The molecule has 0 spiro atoms. The van der Waals surface area contributed by atoms with Crippen LogP contribution in [0.2, 0.25) is 0 Å². The van der Waals surface area contributed by atoms with Crippen LogP contribution in [-0.2, 0) is 7.05 Å². The molecule has 108 valence electrons. The van der Waals surface area contributed by atoms with Gasteiger partial charge < -0.3 is 10.4 Å². The van der Waals surface area contributed by atoms with Crippen molar-refractivity contribution < 1.29 is 9.90 Å². The third-order valence-electron chi connectivity index (χ3n) is 3.36. The highest BCUT2D eigenvalue weighted by Gasteiger charge is 2.30. The van der Waals surface area contributed by atoms with E-state index in [1.54, 1.807) is 12.1 Å². The van der Waals surface area contributed by atoms with Crippen molar-refractivity contribution in [2.75, 3.05) is 5.32 Å². The molecule has 0 fully saturated rings. The standard InChI is InChI=1S/C13H12N4O4/c1-17-10-8(11(19)16-13(17)21)9(14-12(20)15-10)6-3-2-4-7(18)5-6/h2-5,9,18H,1H3,(H2,14,15,20)(H,16,19,21)/t9-/m0/s1. The molecule has 2 amide bonds. The molecule has 0 saturated heterocycles. The Morgan fingerprint density at radius 2 is 2.00 bits per heavy atom. The first kappa shape index (κ1) is 13.0. The van der Waals surface area contributed by atoms with Crippen molar-refractivity contribution in [1.82, 2.24) is 14.9 Å². The summed E-state index contributed by atoms with van der Waals surface area (Å²) in [5.41, 5.74) is -0.456. The number of nitrogens with zero attached hydrogens (tertiary/aromatic N) is 1. The van der Waals surface area contributed by atoms with Crippen molar-refractivity contribution in [2.45, 2.75) is 6.04 Å². The van der Waals surface area contributed by atoms with Crippen LogP contribution in [0.4, 0.5) is 10.6 Å². The van der Waals surface area contributed by atoms with E-state index in [0.717, 1.165) is 4.57 Å². The number of phenolic OH excluding ortho intramolecular Hbond substituents is 1.